The van der Waals surface area contributed by atoms with Crippen molar-refractivity contribution in [2.75, 3.05) is 23.5 Å². The Morgan fingerprint density at radius 2 is 1.63 bits per heavy atom. The second-order valence-corrected chi connectivity index (χ2v) is 11.0. The summed E-state index contributed by atoms with van der Waals surface area (Å²) >= 11 is 13.6. The summed E-state index contributed by atoms with van der Waals surface area (Å²) in [5, 5.41) is 8.70. The molecule has 0 spiro atoms. The van der Waals surface area contributed by atoms with Gasteiger partial charge in [-0.05, 0) is 73.2 Å². The highest BCUT2D eigenvalue weighted by atomic mass is 35.5. The molecule has 0 aromatic heterocycles. The number of nitrogens with one attached hydrogen (secondary N) is 3. The Morgan fingerprint density at radius 1 is 0.907 bits per heavy atom. The van der Waals surface area contributed by atoms with Crippen LogP contribution in [0.3, 0.4) is 0 Å². The van der Waals surface area contributed by atoms with Crippen molar-refractivity contribution in [1.29, 1.82) is 0 Å². The molecular weight excluding hydrogens is 612 g/mol. The normalized spacial score (nSPS) is 11.0. The first-order valence-electron chi connectivity index (χ1n) is 12.8. The van der Waals surface area contributed by atoms with E-state index in [0.717, 1.165) is 10.5 Å². The minimum Gasteiger partial charge on any atom is -0.495 e. The second-order valence-electron chi connectivity index (χ2n) is 9.13. The van der Waals surface area contributed by atoms with E-state index in [-0.39, 0.29) is 27.9 Å². The molecule has 3 N–H and O–H groups in total. The molecule has 0 heterocycles. The molecule has 11 heteroatoms. The van der Waals surface area contributed by atoms with E-state index in [0.29, 0.717) is 27.7 Å². The Kier molecular flexibility index (Phi) is 10.8. The van der Waals surface area contributed by atoms with Crippen LogP contribution in [0.4, 0.5) is 15.8 Å². The Balaban J connectivity index is 1.43. The summed E-state index contributed by atoms with van der Waals surface area (Å²) in [5.74, 6) is -1.54. The molecule has 0 radical (unpaired) electrons. The van der Waals surface area contributed by atoms with Gasteiger partial charge in [0.1, 0.15) is 17.3 Å². The molecule has 0 saturated carbocycles. The van der Waals surface area contributed by atoms with Crippen molar-refractivity contribution in [2.24, 2.45) is 0 Å². The smallest absolute Gasteiger partial charge is 0.272 e. The van der Waals surface area contributed by atoms with Gasteiger partial charge in [-0.15, -0.1) is 11.8 Å². The van der Waals surface area contributed by atoms with E-state index >= 15 is 0 Å². The summed E-state index contributed by atoms with van der Waals surface area (Å²) in [6, 6.07) is 22.6. The van der Waals surface area contributed by atoms with Gasteiger partial charge in [-0.1, -0.05) is 47.5 Å². The number of amides is 3. The Morgan fingerprint density at radius 3 is 2.30 bits per heavy atom. The number of methoxy groups -OCH3 is 1. The molecule has 0 atom stereocenters. The number of anilines is 2. The molecule has 4 rings (SSSR count). The maximum Gasteiger partial charge on any atom is 0.272 e. The third-order valence-electron chi connectivity index (χ3n) is 6.05. The number of thioether (sulfide) groups is 1. The summed E-state index contributed by atoms with van der Waals surface area (Å²) in [6.45, 7) is 1.83. The van der Waals surface area contributed by atoms with Gasteiger partial charge in [0, 0.05) is 32.8 Å². The number of aryl methyl sites for hydroxylation is 1. The van der Waals surface area contributed by atoms with Gasteiger partial charge in [-0.25, -0.2) is 4.39 Å². The lowest BCUT2D eigenvalue weighted by Crippen LogP contribution is -2.30. The first kappa shape index (κ1) is 31.6. The summed E-state index contributed by atoms with van der Waals surface area (Å²) < 4.78 is 19.8. The van der Waals surface area contributed by atoms with E-state index in [9.17, 15) is 18.8 Å². The maximum absolute atomic E-state index is 14.5. The summed E-state index contributed by atoms with van der Waals surface area (Å²) in [6.07, 6.45) is 1.19. The number of hydrogen-bond donors (Lipinski definition) is 3. The summed E-state index contributed by atoms with van der Waals surface area (Å²) in [5.41, 5.74) is 1.81. The fourth-order valence-electron chi connectivity index (χ4n) is 3.83. The van der Waals surface area contributed by atoms with Crippen LogP contribution >= 0.6 is 35.0 Å². The maximum atomic E-state index is 14.5. The van der Waals surface area contributed by atoms with Gasteiger partial charge in [0.05, 0.1) is 23.6 Å². The molecule has 3 amide bonds. The molecule has 0 aliphatic carbocycles. The Labute approximate surface area is 262 Å². The highest BCUT2D eigenvalue weighted by Crippen LogP contribution is 2.31. The fourth-order valence-corrected chi connectivity index (χ4v) is 4.90. The lowest BCUT2D eigenvalue weighted by Gasteiger charge is -2.13. The third kappa shape index (κ3) is 8.61. The van der Waals surface area contributed by atoms with Gasteiger partial charge < -0.3 is 20.7 Å². The van der Waals surface area contributed by atoms with Crippen molar-refractivity contribution in [3.8, 4) is 5.75 Å². The zero-order valence-electron chi connectivity index (χ0n) is 23.0. The second kappa shape index (κ2) is 14.7. The van der Waals surface area contributed by atoms with E-state index in [1.54, 1.807) is 66.7 Å². The van der Waals surface area contributed by atoms with E-state index in [1.165, 1.54) is 43.1 Å². The van der Waals surface area contributed by atoms with Crippen LogP contribution in [0, 0.1) is 12.7 Å². The minimum absolute atomic E-state index is 0.0425. The number of carbonyl (C=O) groups excluding carboxylic acids is 3. The highest BCUT2D eigenvalue weighted by Gasteiger charge is 2.17. The lowest BCUT2D eigenvalue weighted by atomic mass is 10.1. The molecule has 43 heavy (non-hydrogen) atoms. The first-order chi connectivity index (χ1) is 20.6. The van der Waals surface area contributed by atoms with Crippen molar-refractivity contribution in [1.82, 2.24) is 5.32 Å². The molecule has 220 valence electrons. The molecule has 4 aromatic rings. The molecule has 4 aromatic carbocycles. The van der Waals surface area contributed by atoms with Crippen molar-refractivity contribution in [3.05, 3.63) is 123 Å². The molecule has 0 fully saturated rings. The molecule has 0 aliphatic heterocycles. The van der Waals surface area contributed by atoms with Gasteiger partial charge in [-0.2, -0.15) is 0 Å². The zero-order valence-corrected chi connectivity index (χ0v) is 25.4. The topological polar surface area (TPSA) is 96.5 Å². The molecule has 0 saturated heterocycles. The van der Waals surface area contributed by atoms with Crippen LogP contribution in [0.15, 0.2) is 95.5 Å². The Hall–Kier alpha value is -4.31. The number of rotatable bonds is 10. The van der Waals surface area contributed by atoms with E-state index < -0.39 is 17.6 Å². The highest BCUT2D eigenvalue weighted by molar-refractivity contribution is 8.00. The predicted octanol–water partition coefficient (Wildman–Crippen LogP) is 7.59. The molecular formula is C32H26Cl2FN3O4S. The van der Waals surface area contributed by atoms with E-state index in [2.05, 4.69) is 16.0 Å². The minimum atomic E-state index is -0.685. The average molecular weight is 639 g/mol. The fraction of sp³-hybridized carbons (Fsp3) is 0.0938. The third-order valence-corrected chi connectivity index (χ3v) is 7.80. The number of carbonyl (C=O) groups is 3. The number of hydrogen-bond acceptors (Lipinski definition) is 5. The molecule has 0 bridgehead atoms. The molecule has 0 aliphatic rings. The van der Waals surface area contributed by atoms with Crippen LogP contribution < -0.4 is 20.7 Å². The number of ether oxygens (including phenoxy) is 1. The van der Waals surface area contributed by atoms with Crippen molar-refractivity contribution >= 4 is 70.1 Å². The average Bonchev–Trinajstić information content (AvgIpc) is 3.00. The predicted molar refractivity (Wildman–Crippen MR) is 170 cm³/mol. The van der Waals surface area contributed by atoms with Crippen molar-refractivity contribution in [3.63, 3.8) is 0 Å². The Bertz CT molecular complexity index is 1660. The lowest BCUT2D eigenvalue weighted by molar-refractivity contribution is -0.114. The first-order valence-corrected chi connectivity index (χ1v) is 14.6. The number of benzene rings is 4. The van der Waals surface area contributed by atoms with Crippen LogP contribution in [-0.4, -0.2) is 30.6 Å². The summed E-state index contributed by atoms with van der Waals surface area (Å²) in [4.78, 5) is 39.4. The number of halogens is 3. The van der Waals surface area contributed by atoms with E-state index in [1.807, 2.05) is 6.92 Å². The van der Waals surface area contributed by atoms with Gasteiger partial charge in [-0.3, -0.25) is 14.4 Å². The van der Waals surface area contributed by atoms with Crippen molar-refractivity contribution in [2.45, 2.75) is 11.8 Å². The van der Waals surface area contributed by atoms with Gasteiger partial charge in [0.15, 0.2) is 0 Å². The van der Waals surface area contributed by atoms with Gasteiger partial charge >= 0.3 is 0 Å². The quantitative estimate of drug-likeness (QED) is 0.123. The van der Waals surface area contributed by atoms with Gasteiger partial charge in [0.25, 0.3) is 11.8 Å². The SMILES string of the molecule is COc1cc(Cl)c(C)cc1NC(=O)CSc1ccc(NC(=O)/C(=C/c2c(F)cccc2Cl)NC(=O)c2ccccc2)cc1. The van der Waals surface area contributed by atoms with E-state index in [4.69, 9.17) is 27.9 Å². The molecule has 0 unspecified atom stereocenters. The monoisotopic (exact) mass is 637 g/mol. The van der Waals surface area contributed by atoms with Crippen LogP contribution in [0.25, 0.3) is 6.08 Å². The van der Waals surface area contributed by atoms with Crippen LogP contribution in [-0.2, 0) is 9.59 Å². The summed E-state index contributed by atoms with van der Waals surface area (Å²) in [7, 11) is 1.50. The van der Waals surface area contributed by atoms with Crippen LogP contribution in [0.5, 0.6) is 5.75 Å². The largest absolute Gasteiger partial charge is 0.495 e. The standard InChI is InChI=1S/C32H26Cl2FN3O4S/c1-19-15-27(29(42-2)17-25(19)34)37-30(39)18-43-22-13-11-21(12-14-22)36-32(41)28(16-23-24(33)9-6-10-26(23)35)38-31(40)20-7-4-3-5-8-20/h3-17H,18H2,1-2H3,(H,36,41)(H,37,39)(H,38,40)/b28-16-. The van der Waals surface area contributed by atoms with Crippen molar-refractivity contribution < 1.29 is 23.5 Å². The van der Waals surface area contributed by atoms with Gasteiger partial charge in [0.2, 0.25) is 5.91 Å². The van der Waals surface area contributed by atoms with Crippen LogP contribution in [0.1, 0.15) is 21.5 Å². The zero-order chi connectivity index (χ0) is 30.9. The molecule has 7 nitrogen and oxygen atoms in total. The van der Waals surface area contributed by atoms with Crippen LogP contribution in [0.2, 0.25) is 10.0 Å².